The number of piperidine rings is 1. The molecule has 8 heteroatoms. The number of aromatic nitrogens is 3. The minimum Gasteiger partial charge on any atom is -0.345 e. The molecule has 0 saturated carbocycles. The number of hydrogen-bond acceptors (Lipinski definition) is 6. The summed E-state index contributed by atoms with van der Waals surface area (Å²) in [5.41, 5.74) is 0.450. The van der Waals surface area contributed by atoms with Gasteiger partial charge in [-0.25, -0.2) is 0 Å². The maximum absolute atomic E-state index is 12.6. The Morgan fingerprint density at radius 1 is 1.32 bits per heavy atom. The van der Waals surface area contributed by atoms with Crippen LogP contribution >= 0.6 is 0 Å². The molecular weight excluding hydrogens is 358 g/mol. The van der Waals surface area contributed by atoms with Gasteiger partial charge in [-0.1, -0.05) is 5.16 Å². The van der Waals surface area contributed by atoms with E-state index in [-0.39, 0.29) is 17.2 Å². The lowest BCUT2D eigenvalue weighted by Crippen LogP contribution is -2.48. The smallest absolute Gasteiger partial charge is 0.230 e. The summed E-state index contributed by atoms with van der Waals surface area (Å²) >= 11 is 0. The number of carbonyl (C=O) groups is 2. The predicted molar refractivity (Wildman–Crippen MR) is 101 cm³/mol. The van der Waals surface area contributed by atoms with Crippen LogP contribution in [0, 0.1) is 5.41 Å². The van der Waals surface area contributed by atoms with Gasteiger partial charge in [-0.2, -0.15) is 4.98 Å². The van der Waals surface area contributed by atoms with E-state index in [1.165, 1.54) is 0 Å². The second-order valence-corrected chi connectivity index (χ2v) is 7.78. The average Bonchev–Trinajstić information content (AvgIpc) is 3.35. The molecule has 148 valence electrons. The normalized spacial score (nSPS) is 22.2. The first-order valence-electron chi connectivity index (χ1n) is 9.84. The first-order chi connectivity index (χ1) is 13.6. The molecule has 0 bridgehead atoms. The Kier molecular flexibility index (Phi) is 5.11. The molecule has 2 saturated heterocycles. The van der Waals surface area contributed by atoms with Gasteiger partial charge in [0, 0.05) is 57.5 Å². The molecule has 1 spiro atoms. The molecule has 2 aliphatic heterocycles. The molecule has 0 radical (unpaired) electrons. The topological polar surface area (TPSA) is 92.4 Å². The Morgan fingerprint density at radius 3 is 3.04 bits per heavy atom. The highest BCUT2D eigenvalue weighted by atomic mass is 16.5. The summed E-state index contributed by atoms with van der Waals surface area (Å²) in [4.78, 5) is 37.3. The zero-order chi connectivity index (χ0) is 19.6. The van der Waals surface area contributed by atoms with Crippen molar-refractivity contribution < 1.29 is 14.1 Å². The van der Waals surface area contributed by atoms with Gasteiger partial charge >= 0.3 is 0 Å². The van der Waals surface area contributed by atoms with Gasteiger partial charge in [-0.15, -0.1) is 0 Å². The van der Waals surface area contributed by atoms with Crippen molar-refractivity contribution in [2.24, 2.45) is 5.41 Å². The lowest BCUT2D eigenvalue weighted by Gasteiger charge is -2.37. The highest BCUT2D eigenvalue weighted by Crippen LogP contribution is 2.39. The predicted octanol–water partition coefficient (Wildman–Crippen LogP) is 1.93. The summed E-state index contributed by atoms with van der Waals surface area (Å²) in [6.07, 6.45) is 7.68. The fraction of sp³-hybridized carbons (Fsp3) is 0.550. The second-order valence-electron chi connectivity index (χ2n) is 7.78. The molecule has 2 fully saturated rings. The molecule has 2 aliphatic rings. The van der Waals surface area contributed by atoms with Crippen molar-refractivity contribution in [3.05, 3.63) is 30.4 Å². The Morgan fingerprint density at radius 2 is 2.21 bits per heavy atom. The Labute approximate surface area is 163 Å². The largest absolute Gasteiger partial charge is 0.345 e. The maximum Gasteiger partial charge on any atom is 0.230 e. The number of hydrogen-bond donors (Lipinski definition) is 0. The monoisotopic (exact) mass is 383 g/mol. The molecule has 2 aromatic heterocycles. The van der Waals surface area contributed by atoms with Gasteiger partial charge in [0.25, 0.3) is 0 Å². The Balaban J connectivity index is 1.28. The summed E-state index contributed by atoms with van der Waals surface area (Å²) in [6.45, 7) is 2.05. The van der Waals surface area contributed by atoms with Crippen molar-refractivity contribution in [2.45, 2.75) is 38.5 Å². The number of carbonyl (C=O) groups excluding carboxylic acids is 2. The summed E-state index contributed by atoms with van der Waals surface area (Å²) < 4.78 is 5.28. The minimum atomic E-state index is -0.353. The number of rotatable bonds is 5. The molecule has 0 aliphatic carbocycles. The fourth-order valence-corrected chi connectivity index (χ4v) is 4.25. The highest BCUT2D eigenvalue weighted by Gasteiger charge is 2.48. The zero-order valence-electron chi connectivity index (χ0n) is 16.1. The van der Waals surface area contributed by atoms with Crippen molar-refractivity contribution in [1.82, 2.24) is 24.9 Å². The van der Waals surface area contributed by atoms with E-state index in [9.17, 15) is 9.59 Å². The average molecular weight is 383 g/mol. The molecule has 1 atom stereocenters. The van der Waals surface area contributed by atoms with Crippen LogP contribution in [0.5, 0.6) is 0 Å². The second kappa shape index (κ2) is 7.69. The van der Waals surface area contributed by atoms with Crippen molar-refractivity contribution in [1.29, 1.82) is 0 Å². The molecule has 28 heavy (non-hydrogen) atoms. The molecular formula is C20H25N5O3. The summed E-state index contributed by atoms with van der Waals surface area (Å²) in [6, 6.07) is 3.69. The van der Waals surface area contributed by atoms with E-state index in [1.54, 1.807) is 12.4 Å². The molecule has 2 aromatic rings. The maximum atomic E-state index is 12.6. The standard InChI is InChI=1S/C20H25N5O3/c1-24-11-4-8-20(19(24)27)9-12-25(14-20)17(26)7-2-6-16-22-18(23-28-16)15-5-3-10-21-13-15/h3,5,10,13H,2,4,6-9,11-12,14H2,1H3/t20-/m0/s1. The van der Waals surface area contributed by atoms with E-state index < -0.39 is 0 Å². The molecule has 8 nitrogen and oxygen atoms in total. The van der Waals surface area contributed by atoms with Gasteiger partial charge < -0.3 is 14.3 Å². The lowest BCUT2D eigenvalue weighted by molar-refractivity contribution is -0.144. The minimum absolute atomic E-state index is 0.102. The first-order valence-corrected chi connectivity index (χ1v) is 9.84. The van der Waals surface area contributed by atoms with E-state index >= 15 is 0 Å². The van der Waals surface area contributed by atoms with Crippen LogP contribution in [0.25, 0.3) is 11.4 Å². The Hall–Kier alpha value is -2.77. The van der Waals surface area contributed by atoms with Crippen LogP contribution in [0.2, 0.25) is 0 Å². The SMILES string of the molecule is CN1CCC[C@@]2(CCN(C(=O)CCCc3nc(-c4cccnc4)no3)C2)C1=O. The first kappa shape index (κ1) is 18.6. The summed E-state index contributed by atoms with van der Waals surface area (Å²) in [7, 11) is 1.86. The van der Waals surface area contributed by atoms with Crippen LogP contribution < -0.4 is 0 Å². The third-order valence-corrected chi connectivity index (χ3v) is 5.82. The van der Waals surface area contributed by atoms with E-state index in [1.807, 2.05) is 29.0 Å². The van der Waals surface area contributed by atoms with Gasteiger partial charge in [-0.05, 0) is 37.8 Å². The Bertz CT molecular complexity index is 853. The van der Waals surface area contributed by atoms with E-state index in [0.29, 0.717) is 44.1 Å². The van der Waals surface area contributed by atoms with Crippen molar-refractivity contribution >= 4 is 11.8 Å². The highest BCUT2D eigenvalue weighted by molar-refractivity contribution is 5.85. The van der Waals surface area contributed by atoms with Crippen molar-refractivity contribution in [2.75, 3.05) is 26.7 Å². The van der Waals surface area contributed by atoms with Crippen LogP contribution in [-0.4, -0.2) is 63.4 Å². The zero-order valence-corrected chi connectivity index (χ0v) is 16.1. The molecule has 0 N–H and O–H groups in total. The van der Waals surface area contributed by atoms with Crippen LogP contribution in [-0.2, 0) is 16.0 Å². The van der Waals surface area contributed by atoms with Crippen LogP contribution in [0.4, 0.5) is 0 Å². The lowest BCUT2D eigenvalue weighted by atomic mass is 9.78. The van der Waals surface area contributed by atoms with Crippen molar-refractivity contribution in [3.63, 3.8) is 0 Å². The third-order valence-electron chi connectivity index (χ3n) is 5.82. The quantitative estimate of drug-likeness (QED) is 0.783. The molecule has 2 amide bonds. The number of pyridine rings is 1. The molecule has 0 unspecified atom stereocenters. The van der Waals surface area contributed by atoms with E-state index in [2.05, 4.69) is 15.1 Å². The van der Waals surface area contributed by atoms with Crippen LogP contribution in [0.3, 0.4) is 0 Å². The van der Waals surface area contributed by atoms with Crippen LogP contribution in [0.1, 0.15) is 38.0 Å². The van der Waals surface area contributed by atoms with Crippen molar-refractivity contribution in [3.8, 4) is 11.4 Å². The molecule has 4 heterocycles. The number of aryl methyl sites for hydroxylation is 1. The van der Waals surface area contributed by atoms with Gasteiger partial charge in [0.2, 0.25) is 23.5 Å². The molecule has 0 aromatic carbocycles. The van der Waals surface area contributed by atoms with Gasteiger partial charge in [0.05, 0.1) is 5.41 Å². The van der Waals surface area contributed by atoms with E-state index in [4.69, 9.17) is 4.52 Å². The van der Waals surface area contributed by atoms with Gasteiger partial charge in [0.1, 0.15) is 0 Å². The van der Waals surface area contributed by atoms with E-state index in [0.717, 1.165) is 31.4 Å². The third kappa shape index (κ3) is 3.63. The summed E-state index contributed by atoms with van der Waals surface area (Å²) in [5.74, 6) is 1.33. The summed E-state index contributed by atoms with van der Waals surface area (Å²) in [5, 5.41) is 3.97. The van der Waals surface area contributed by atoms with Gasteiger partial charge in [-0.3, -0.25) is 14.6 Å². The van der Waals surface area contributed by atoms with Crippen LogP contribution in [0.15, 0.2) is 29.0 Å². The molecule has 4 rings (SSSR count). The van der Waals surface area contributed by atoms with Gasteiger partial charge in [0.15, 0.2) is 0 Å². The number of nitrogens with zero attached hydrogens (tertiary/aromatic N) is 5. The number of likely N-dealkylation sites (tertiary alicyclic amines) is 2. The number of amides is 2. The fourth-order valence-electron chi connectivity index (χ4n) is 4.25.